The zero-order chi connectivity index (χ0) is 38.7. The predicted octanol–water partition coefficient (Wildman–Crippen LogP) is 7.17. The SMILES string of the molecule is Nc1ccccc1NC(=O)CCCC(=O)NCc1ccccc1-c1ccc(C2OC(CSc3nnnn3-c3ccccc3)CC(c3ccc(CO)cc3)O2)cc1. The molecule has 0 bridgehead atoms. The lowest BCUT2D eigenvalue weighted by molar-refractivity contribution is -0.245. The second-order valence-corrected chi connectivity index (χ2v) is 14.4. The maximum absolute atomic E-state index is 12.7. The molecule has 7 rings (SSSR count). The molecule has 5 aromatic carbocycles. The van der Waals surface area contributed by atoms with Gasteiger partial charge in [0, 0.05) is 37.1 Å². The van der Waals surface area contributed by atoms with E-state index in [0.29, 0.717) is 41.7 Å². The maximum atomic E-state index is 12.7. The number of para-hydroxylation sites is 3. The number of nitrogens with zero attached hydrogens (tertiary/aromatic N) is 4. The van der Waals surface area contributed by atoms with Gasteiger partial charge in [-0.3, -0.25) is 9.59 Å². The number of benzene rings is 5. The molecular weight excluding hydrogens is 727 g/mol. The number of aromatic nitrogens is 4. The molecule has 2 amide bonds. The number of hydrogen-bond acceptors (Lipinski definition) is 10. The van der Waals surface area contributed by atoms with Gasteiger partial charge in [0.1, 0.15) is 0 Å². The van der Waals surface area contributed by atoms with Gasteiger partial charge in [-0.15, -0.1) is 5.10 Å². The lowest BCUT2D eigenvalue weighted by atomic mass is 9.97. The fourth-order valence-electron chi connectivity index (χ4n) is 6.48. The molecule has 1 aliphatic rings. The highest BCUT2D eigenvalue weighted by atomic mass is 32.2. The van der Waals surface area contributed by atoms with E-state index < -0.39 is 6.29 Å². The Hall–Kier alpha value is -5.86. The Morgan fingerprint density at radius 3 is 2.32 bits per heavy atom. The number of amides is 2. The number of nitrogen functional groups attached to an aromatic ring is 1. The quantitative estimate of drug-likeness (QED) is 0.0622. The van der Waals surface area contributed by atoms with E-state index in [1.165, 1.54) is 11.8 Å². The minimum Gasteiger partial charge on any atom is -0.397 e. The molecular formula is C43H43N7O5S. The van der Waals surface area contributed by atoms with Gasteiger partial charge < -0.3 is 30.9 Å². The third-order valence-corrected chi connectivity index (χ3v) is 10.5. The normalized spacial score (nSPS) is 16.6. The van der Waals surface area contributed by atoms with E-state index in [1.807, 2.05) is 103 Å². The molecule has 6 aromatic rings. The summed E-state index contributed by atoms with van der Waals surface area (Å²) in [7, 11) is 0. The number of rotatable bonds is 15. The Balaban J connectivity index is 0.990. The molecule has 3 unspecified atom stereocenters. The molecule has 0 spiro atoms. The monoisotopic (exact) mass is 769 g/mol. The van der Waals surface area contributed by atoms with Crippen LogP contribution in [0.4, 0.5) is 11.4 Å². The molecule has 1 aliphatic heterocycles. The number of nitrogens with one attached hydrogen (secondary N) is 2. The Labute approximate surface area is 329 Å². The van der Waals surface area contributed by atoms with Gasteiger partial charge in [-0.05, 0) is 68.9 Å². The Morgan fingerprint density at radius 1 is 0.821 bits per heavy atom. The molecule has 1 fully saturated rings. The van der Waals surface area contributed by atoms with Crippen molar-refractivity contribution in [1.82, 2.24) is 25.5 Å². The highest BCUT2D eigenvalue weighted by Crippen LogP contribution is 2.40. The summed E-state index contributed by atoms with van der Waals surface area (Å²) >= 11 is 1.53. The molecule has 1 aromatic heterocycles. The van der Waals surface area contributed by atoms with Crippen LogP contribution in [0.1, 0.15) is 60.3 Å². The van der Waals surface area contributed by atoms with Crippen LogP contribution in [-0.4, -0.2) is 49.0 Å². The van der Waals surface area contributed by atoms with Crippen LogP contribution in [0.3, 0.4) is 0 Å². The molecule has 13 heteroatoms. The van der Waals surface area contributed by atoms with E-state index in [4.69, 9.17) is 15.2 Å². The summed E-state index contributed by atoms with van der Waals surface area (Å²) < 4.78 is 14.9. The van der Waals surface area contributed by atoms with Crippen LogP contribution < -0.4 is 16.4 Å². The summed E-state index contributed by atoms with van der Waals surface area (Å²) in [6, 6.07) is 40.7. The molecule has 12 nitrogen and oxygen atoms in total. The van der Waals surface area contributed by atoms with Gasteiger partial charge in [0.05, 0.1) is 35.9 Å². The van der Waals surface area contributed by atoms with Gasteiger partial charge in [0.15, 0.2) is 6.29 Å². The number of tetrazole rings is 1. The van der Waals surface area contributed by atoms with Crippen molar-refractivity contribution in [2.75, 3.05) is 16.8 Å². The standard InChI is InChI=1S/C43H43N7O5S/c44-37-13-6-7-14-38(37)46-41(53)16-8-15-40(52)45-26-33-9-4-5-12-36(33)30-21-23-32(24-22-30)42-54-35(25-39(55-42)31-19-17-29(27-51)18-20-31)28-56-43-47-48-49-50(43)34-10-2-1-3-11-34/h1-7,9-14,17-24,35,39,42,51H,8,15-16,25-28,44H2,(H,45,52)(H,46,53). The van der Waals surface area contributed by atoms with Crippen LogP contribution in [0.15, 0.2) is 133 Å². The predicted molar refractivity (Wildman–Crippen MR) is 215 cm³/mol. The number of anilines is 2. The fraction of sp³-hybridized carbons (Fsp3) is 0.233. The molecule has 0 aliphatic carbocycles. The van der Waals surface area contributed by atoms with E-state index in [0.717, 1.165) is 39.1 Å². The smallest absolute Gasteiger partial charge is 0.224 e. The average Bonchev–Trinajstić information content (AvgIpc) is 3.72. The minimum atomic E-state index is -0.627. The van der Waals surface area contributed by atoms with Gasteiger partial charge in [0.25, 0.3) is 0 Å². The number of nitrogens with two attached hydrogens (primary N) is 1. The van der Waals surface area contributed by atoms with Crippen molar-refractivity contribution in [3.8, 4) is 16.8 Å². The second-order valence-electron chi connectivity index (χ2n) is 13.4. The molecule has 1 saturated heterocycles. The zero-order valence-corrected chi connectivity index (χ0v) is 31.5. The number of ether oxygens (including phenoxy) is 2. The van der Waals surface area contributed by atoms with E-state index in [2.05, 4.69) is 26.2 Å². The molecule has 286 valence electrons. The van der Waals surface area contributed by atoms with Crippen molar-refractivity contribution < 1.29 is 24.2 Å². The fourth-order valence-corrected chi connectivity index (χ4v) is 7.39. The van der Waals surface area contributed by atoms with Crippen molar-refractivity contribution >= 4 is 35.0 Å². The van der Waals surface area contributed by atoms with Crippen molar-refractivity contribution in [3.63, 3.8) is 0 Å². The van der Waals surface area contributed by atoms with Gasteiger partial charge in [-0.25, -0.2) is 0 Å². The highest BCUT2D eigenvalue weighted by Gasteiger charge is 2.33. The third-order valence-electron chi connectivity index (χ3n) is 9.48. The number of carbonyl (C=O) groups excluding carboxylic acids is 2. The van der Waals surface area contributed by atoms with Crippen LogP contribution >= 0.6 is 11.8 Å². The first kappa shape index (κ1) is 38.4. The van der Waals surface area contributed by atoms with E-state index in [9.17, 15) is 14.7 Å². The van der Waals surface area contributed by atoms with Crippen LogP contribution in [0, 0.1) is 0 Å². The van der Waals surface area contributed by atoms with Crippen molar-refractivity contribution in [3.05, 3.63) is 150 Å². The molecule has 56 heavy (non-hydrogen) atoms. The number of carbonyl (C=O) groups is 2. The van der Waals surface area contributed by atoms with Gasteiger partial charge >= 0.3 is 0 Å². The summed E-state index contributed by atoms with van der Waals surface area (Å²) in [6.45, 7) is 0.322. The lowest BCUT2D eigenvalue weighted by Crippen LogP contribution is -2.31. The van der Waals surface area contributed by atoms with Crippen LogP contribution in [0.5, 0.6) is 0 Å². The largest absolute Gasteiger partial charge is 0.397 e. The van der Waals surface area contributed by atoms with Crippen LogP contribution in [0.25, 0.3) is 16.8 Å². The van der Waals surface area contributed by atoms with Gasteiger partial charge in [-0.1, -0.05) is 115 Å². The first-order valence-corrected chi connectivity index (χ1v) is 19.5. The van der Waals surface area contributed by atoms with E-state index in [-0.39, 0.29) is 43.5 Å². The molecule has 5 N–H and O–H groups in total. The first-order chi connectivity index (χ1) is 27.4. The Bertz CT molecular complexity index is 2220. The minimum absolute atomic E-state index is 0.0268. The summed E-state index contributed by atoms with van der Waals surface area (Å²) in [4.78, 5) is 25.1. The topological polar surface area (TPSA) is 167 Å². The second kappa shape index (κ2) is 18.7. The maximum Gasteiger partial charge on any atom is 0.224 e. The molecule has 2 heterocycles. The lowest BCUT2D eigenvalue weighted by Gasteiger charge is -2.36. The molecule has 3 atom stereocenters. The van der Waals surface area contributed by atoms with Gasteiger partial charge in [0.2, 0.25) is 17.0 Å². The van der Waals surface area contributed by atoms with E-state index in [1.54, 1.807) is 28.9 Å². The Kier molecular flexibility index (Phi) is 12.8. The Morgan fingerprint density at radius 2 is 1.54 bits per heavy atom. The first-order valence-electron chi connectivity index (χ1n) is 18.5. The van der Waals surface area contributed by atoms with Gasteiger partial charge in [-0.2, -0.15) is 4.68 Å². The van der Waals surface area contributed by atoms with Crippen LogP contribution in [-0.2, 0) is 32.2 Å². The summed E-state index contributed by atoms with van der Waals surface area (Å²) in [5.74, 6) is 0.293. The van der Waals surface area contributed by atoms with Crippen molar-refractivity contribution in [2.24, 2.45) is 0 Å². The summed E-state index contributed by atoms with van der Waals surface area (Å²) in [5, 5.41) is 28.5. The van der Waals surface area contributed by atoms with E-state index >= 15 is 0 Å². The molecule has 0 saturated carbocycles. The van der Waals surface area contributed by atoms with Crippen molar-refractivity contribution in [2.45, 2.75) is 62.5 Å². The number of aliphatic hydroxyl groups is 1. The average molecular weight is 770 g/mol. The number of aliphatic hydroxyl groups excluding tert-OH is 1. The summed E-state index contributed by atoms with van der Waals surface area (Å²) in [6.07, 6.45) is 0.442. The van der Waals surface area contributed by atoms with Crippen molar-refractivity contribution in [1.29, 1.82) is 0 Å². The molecule has 0 radical (unpaired) electrons. The third kappa shape index (κ3) is 9.86. The highest BCUT2D eigenvalue weighted by molar-refractivity contribution is 7.99. The summed E-state index contributed by atoms with van der Waals surface area (Å²) in [5.41, 5.74) is 13.5. The number of thioether (sulfide) groups is 1. The number of hydrogen-bond donors (Lipinski definition) is 4. The zero-order valence-electron chi connectivity index (χ0n) is 30.7. The van der Waals surface area contributed by atoms with Crippen LogP contribution in [0.2, 0.25) is 0 Å².